The Labute approximate surface area is 152 Å². The normalized spacial score (nSPS) is 11.4. The molecule has 27 heavy (non-hydrogen) atoms. The molecule has 0 unspecified atom stereocenters. The van der Waals surface area contributed by atoms with Gasteiger partial charge in [-0.3, -0.25) is 24.0 Å². The van der Waals surface area contributed by atoms with Gasteiger partial charge >= 0.3 is 0 Å². The van der Waals surface area contributed by atoms with Crippen molar-refractivity contribution in [1.29, 1.82) is 0 Å². The molecule has 4 aromatic heterocycles. The number of carbonyl (C=O) groups is 1. The second-order valence-electron chi connectivity index (χ2n) is 6.00. The fraction of sp³-hybridized carbons (Fsp3) is 0.250. The molecule has 0 spiro atoms. The first-order valence-corrected chi connectivity index (χ1v) is 8.21. The van der Waals surface area contributed by atoms with Crippen molar-refractivity contribution in [3.8, 4) is 23.0 Å². The summed E-state index contributed by atoms with van der Waals surface area (Å²) < 4.78 is 17.5. The number of H-pyrrole nitrogens is 1. The Kier molecular flexibility index (Phi) is 3.72. The Morgan fingerprint density at radius 2 is 2.11 bits per heavy atom. The summed E-state index contributed by atoms with van der Waals surface area (Å²) in [5.41, 5.74) is 7.43. The van der Waals surface area contributed by atoms with Gasteiger partial charge in [-0.15, -0.1) is 0 Å². The van der Waals surface area contributed by atoms with Gasteiger partial charge in [0, 0.05) is 12.7 Å². The predicted molar refractivity (Wildman–Crippen MR) is 93.2 cm³/mol. The summed E-state index contributed by atoms with van der Waals surface area (Å²) in [6.45, 7) is 5.69. The van der Waals surface area contributed by atoms with E-state index in [9.17, 15) is 9.18 Å². The van der Waals surface area contributed by atoms with Gasteiger partial charge in [-0.1, -0.05) is 0 Å². The second kappa shape index (κ2) is 5.97. The summed E-state index contributed by atoms with van der Waals surface area (Å²) in [6.07, 6.45) is 3.20. The first-order chi connectivity index (χ1) is 12.9. The minimum Gasteiger partial charge on any atom is -0.363 e. The molecule has 4 heterocycles. The van der Waals surface area contributed by atoms with E-state index in [-0.39, 0.29) is 28.9 Å². The van der Waals surface area contributed by atoms with Crippen LogP contribution in [0.1, 0.15) is 28.9 Å². The Morgan fingerprint density at radius 3 is 2.81 bits per heavy atom. The predicted octanol–water partition coefficient (Wildman–Crippen LogP) is 1.25. The van der Waals surface area contributed by atoms with Crippen LogP contribution in [-0.2, 0) is 6.54 Å². The molecule has 138 valence electrons. The summed E-state index contributed by atoms with van der Waals surface area (Å²) >= 11 is 0. The largest absolute Gasteiger partial charge is 0.363 e. The maximum Gasteiger partial charge on any atom is 0.285 e. The van der Waals surface area contributed by atoms with Gasteiger partial charge in [-0.25, -0.2) is 14.4 Å². The number of hydrogen-bond donors (Lipinski definition) is 2. The van der Waals surface area contributed by atoms with Gasteiger partial charge in [0.1, 0.15) is 11.4 Å². The number of nitrogens with one attached hydrogen (secondary N) is 1. The van der Waals surface area contributed by atoms with Crippen LogP contribution in [0.15, 0.2) is 12.4 Å². The highest BCUT2D eigenvalue weighted by Gasteiger charge is 2.23. The Balaban J connectivity index is 1.89. The van der Waals surface area contributed by atoms with Gasteiger partial charge in [-0.2, -0.15) is 10.2 Å². The number of nitrogens with zero attached hydrogens (tertiary/aromatic N) is 7. The van der Waals surface area contributed by atoms with Crippen LogP contribution in [0.4, 0.5) is 4.39 Å². The molecule has 0 radical (unpaired) electrons. The molecule has 4 aromatic rings. The average Bonchev–Trinajstić information content (AvgIpc) is 3.31. The van der Waals surface area contributed by atoms with Gasteiger partial charge in [0.15, 0.2) is 11.6 Å². The van der Waals surface area contributed by atoms with E-state index in [2.05, 4.69) is 30.2 Å². The molecule has 11 heteroatoms. The van der Waals surface area contributed by atoms with Crippen LogP contribution < -0.4 is 5.73 Å². The first-order valence-electron chi connectivity index (χ1n) is 8.21. The number of aryl methyl sites for hydroxylation is 3. The van der Waals surface area contributed by atoms with Crippen LogP contribution in [-0.4, -0.2) is 45.2 Å². The quantitative estimate of drug-likeness (QED) is 0.556. The van der Waals surface area contributed by atoms with Crippen molar-refractivity contribution < 1.29 is 9.18 Å². The summed E-state index contributed by atoms with van der Waals surface area (Å²) in [6, 6.07) is 0. The maximum atomic E-state index is 14.5. The van der Waals surface area contributed by atoms with Crippen molar-refractivity contribution in [1.82, 2.24) is 39.3 Å². The minimum atomic E-state index is -0.691. The average molecular weight is 369 g/mol. The molecule has 0 atom stereocenters. The third-order valence-corrected chi connectivity index (χ3v) is 4.15. The Hall–Kier alpha value is -3.63. The fourth-order valence-corrected chi connectivity index (χ4v) is 2.91. The molecule has 0 saturated carbocycles. The highest BCUT2D eigenvalue weighted by Crippen LogP contribution is 2.26. The molecule has 0 aliphatic rings. The number of fused-ring (bicyclic) bond motifs is 1. The molecule has 0 aliphatic carbocycles. The highest BCUT2D eigenvalue weighted by atomic mass is 19.1. The lowest BCUT2D eigenvalue weighted by molar-refractivity contribution is 0.0990. The van der Waals surface area contributed by atoms with Crippen LogP contribution in [0, 0.1) is 19.7 Å². The van der Waals surface area contributed by atoms with Crippen LogP contribution in [0.3, 0.4) is 0 Å². The van der Waals surface area contributed by atoms with Crippen molar-refractivity contribution in [2.24, 2.45) is 5.73 Å². The zero-order valence-electron chi connectivity index (χ0n) is 14.9. The summed E-state index contributed by atoms with van der Waals surface area (Å²) in [5.74, 6) is -0.710. The van der Waals surface area contributed by atoms with Gasteiger partial charge in [0.2, 0.25) is 11.6 Å². The smallest absolute Gasteiger partial charge is 0.285 e. The minimum absolute atomic E-state index is 0.0393. The zero-order valence-corrected chi connectivity index (χ0v) is 14.9. The molecule has 0 fully saturated rings. The molecule has 0 bridgehead atoms. The third-order valence-electron chi connectivity index (χ3n) is 4.15. The van der Waals surface area contributed by atoms with Crippen molar-refractivity contribution in [2.75, 3.05) is 0 Å². The number of hydrogen-bond acceptors (Lipinski definition) is 6. The molecule has 0 aromatic carbocycles. The van der Waals surface area contributed by atoms with Crippen molar-refractivity contribution in [2.45, 2.75) is 27.3 Å². The topological polar surface area (TPSA) is 133 Å². The molecular weight excluding hydrogens is 353 g/mol. The van der Waals surface area contributed by atoms with E-state index in [0.717, 1.165) is 0 Å². The van der Waals surface area contributed by atoms with E-state index in [1.165, 1.54) is 9.08 Å². The van der Waals surface area contributed by atoms with E-state index in [1.807, 2.05) is 6.92 Å². The number of carbonyl (C=O) groups excluding carboxylic acids is 1. The van der Waals surface area contributed by atoms with Crippen LogP contribution >= 0.6 is 0 Å². The number of imidazole rings is 1. The SMILES string of the molecule is CCn1nc(C)c(F)c1-c1nc(-c2nc(C(N)=O)n3cc(C)ncc23)n[nH]1. The Morgan fingerprint density at radius 1 is 1.33 bits per heavy atom. The summed E-state index contributed by atoms with van der Waals surface area (Å²) in [7, 11) is 0. The summed E-state index contributed by atoms with van der Waals surface area (Å²) in [4.78, 5) is 24.6. The van der Waals surface area contributed by atoms with Gasteiger partial charge in [0.25, 0.3) is 5.91 Å². The molecule has 0 aliphatic heterocycles. The Bertz CT molecular complexity index is 1190. The van der Waals surface area contributed by atoms with Crippen molar-refractivity contribution in [3.05, 3.63) is 35.4 Å². The van der Waals surface area contributed by atoms with Crippen molar-refractivity contribution >= 4 is 11.4 Å². The maximum absolute atomic E-state index is 14.5. The number of aromatic nitrogens is 8. The number of amides is 1. The molecule has 10 nitrogen and oxygen atoms in total. The number of rotatable bonds is 4. The van der Waals surface area contributed by atoms with E-state index >= 15 is 0 Å². The van der Waals surface area contributed by atoms with Crippen LogP contribution in [0.5, 0.6) is 0 Å². The van der Waals surface area contributed by atoms with E-state index < -0.39 is 11.7 Å². The third kappa shape index (κ3) is 2.55. The standard InChI is InChI=1S/C16H16FN9O/c1-4-26-12(10(17)8(3)24-26)15-21-14(22-23-15)11-9-5-19-7(2)6-25(9)16(20-11)13(18)27/h5-6H,4H2,1-3H3,(H2,18,27)(H,21,22,23). The van der Waals surface area contributed by atoms with Gasteiger partial charge in [-0.05, 0) is 20.8 Å². The molecule has 3 N–H and O–H groups in total. The molecule has 4 rings (SSSR count). The molecular formula is C16H16FN9O. The van der Waals surface area contributed by atoms with Crippen molar-refractivity contribution in [3.63, 3.8) is 0 Å². The molecule has 0 saturated heterocycles. The monoisotopic (exact) mass is 369 g/mol. The lowest BCUT2D eigenvalue weighted by Gasteiger charge is -2.00. The number of aromatic amines is 1. The van der Waals surface area contributed by atoms with E-state index in [1.54, 1.807) is 26.2 Å². The second-order valence-corrected chi connectivity index (χ2v) is 6.00. The highest BCUT2D eigenvalue weighted by molar-refractivity contribution is 5.92. The van der Waals surface area contributed by atoms with Crippen LogP contribution in [0.2, 0.25) is 0 Å². The van der Waals surface area contributed by atoms with Crippen LogP contribution in [0.25, 0.3) is 28.6 Å². The zero-order chi connectivity index (χ0) is 19.3. The van der Waals surface area contributed by atoms with E-state index in [0.29, 0.717) is 23.4 Å². The number of halogens is 1. The lowest BCUT2D eigenvalue weighted by atomic mass is 10.3. The number of nitrogens with two attached hydrogens (primary N) is 1. The molecule has 1 amide bonds. The summed E-state index contributed by atoms with van der Waals surface area (Å²) in [5, 5.41) is 11.0. The van der Waals surface area contributed by atoms with Gasteiger partial charge in [0.05, 0.1) is 23.1 Å². The van der Waals surface area contributed by atoms with Gasteiger partial charge < -0.3 is 5.73 Å². The first kappa shape index (κ1) is 16.8. The lowest BCUT2D eigenvalue weighted by Crippen LogP contribution is -2.15. The number of primary amides is 1. The van der Waals surface area contributed by atoms with E-state index in [4.69, 9.17) is 5.73 Å². The fourth-order valence-electron chi connectivity index (χ4n) is 2.91.